The zero-order valence-electron chi connectivity index (χ0n) is 76.4. The molecule has 4 aliphatic heterocycles. The van der Waals surface area contributed by atoms with Crippen molar-refractivity contribution in [3.05, 3.63) is 0 Å². The first-order valence-electron chi connectivity index (χ1n) is 43.8. The van der Waals surface area contributed by atoms with Crippen LogP contribution in [-0.2, 0) is 110 Å². The summed E-state index contributed by atoms with van der Waals surface area (Å²) in [5, 5.41) is -0.364. The quantitative estimate of drug-likeness (QED) is 0.0552. The molecule has 0 aromatic heterocycles. The van der Waals surface area contributed by atoms with Crippen LogP contribution < -0.4 is 0 Å². The van der Waals surface area contributed by atoms with E-state index < -0.39 is 62.0 Å². The average Bonchev–Trinajstić information content (AvgIpc) is 1.57. The van der Waals surface area contributed by atoms with Crippen LogP contribution in [0.5, 0.6) is 0 Å². The van der Waals surface area contributed by atoms with Gasteiger partial charge in [-0.25, -0.2) is 9.59 Å². The molecule has 7 aliphatic carbocycles. The number of hydrogen-bond acceptors (Lipinski definition) is 23. The lowest BCUT2D eigenvalue weighted by Gasteiger charge is -2.42. The minimum absolute atomic E-state index is 0.0226. The number of carbonyl (C=O) groups is 10. The number of cyclic esters (lactones) is 2. The van der Waals surface area contributed by atoms with Crippen LogP contribution in [0.25, 0.3) is 0 Å². The van der Waals surface area contributed by atoms with Gasteiger partial charge in [0.25, 0.3) is 10.1 Å². The topological polar surface area (TPSA) is 306 Å². The maximum atomic E-state index is 12.3. The molecule has 4 heterocycles. The monoisotopic (exact) mass is 1650 g/mol. The summed E-state index contributed by atoms with van der Waals surface area (Å²) in [6.07, 6.45) is 20.1. The molecule has 23 nitrogen and oxygen atoms in total. The van der Waals surface area contributed by atoms with E-state index in [0.29, 0.717) is 69.5 Å². The second-order valence-electron chi connectivity index (χ2n) is 41.5. The SMILES string of the molecule is CCC(C)(C)C(=O)OC1(C(C)(C)C)CCCC1.CCC(C)(C)C(=O)OC1(C(C)(C)C)CCCC1.CCC(C)(C)C(=O)OC1(C(C)C)CCCC1.CCC(C)(C)C(=O)OC1C2CC3C(=O)OC1C3C2.CCC(C)(C)C(=O)OC1C2CC3C1OS(=O)(=O)C3C2.CCC(C)(C)C(=O)OC1CCOC1=O.CCC(C)(C)C(=O)OC1CCOC1=O. The summed E-state index contributed by atoms with van der Waals surface area (Å²) in [6, 6.07) is 0. The van der Waals surface area contributed by atoms with Gasteiger partial charge < -0.3 is 47.4 Å². The van der Waals surface area contributed by atoms with Crippen molar-refractivity contribution in [3.63, 3.8) is 0 Å². The number of esters is 10. The minimum Gasteiger partial charge on any atom is -0.463 e. The maximum Gasteiger partial charge on any atom is 0.347 e. The Bertz CT molecular complexity index is 3340. The van der Waals surface area contributed by atoms with Crippen molar-refractivity contribution in [1.82, 2.24) is 0 Å². The van der Waals surface area contributed by atoms with E-state index in [4.69, 9.17) is 51.6 Å². The Kier molecular flexibility index (Phi) is 34.0. The largest absolute Gasteiger partial charge is 0.463 e. The molecule has 0 aromatic rings. The van der Waals surface area contributed by atoms with E-state index in [1.807, 2.05) is 118 Å². The summed E-state index contributed by atoms with van der Waals surface area (Å²) in [4.78, 5) is 118. The van der Waals surface area contributed by atoms with Gasteiger partial charge in [0, 0.05) is 47.3 Å². The van der Waals surface area contributed by atoms with Crippen molar-refractivity contribution < 1.29 is 108 Å². The summed E-state index contributed by atoms with van der Waals surface area (Å²) < 4.78 is 82.8. The first-order chi connectivity index (χ1) is 52.8. The fourth-order valence-electron chi connectivity index (χ4n) is 16.1. The predicted octanol–water partition coefficient (Wildman–Crippen LogP) is 18.5. The Morgan fingerprint density at radius 1 is 0.391 bits per heavy atom. The molecular formula is C91H154O23S. The lowest BCUT2D eigenvalue weighted by atomic mass is 9.74. The van der Waals surface area contributed by atoms with E-state index >= 15 is 0 Å². The number of rotatable bonds is 22. The first kappa shape index (κ1) is 100. The second kappa shape index (κ2) is 39.0. The molecule has 11 fully saturated rings. The van der Waals surface area contributed by atoms with Crippen LogP contribution >= 0.6 is 0 Å². The molecule has 4 bridgehead atoms. The predicted molar refractivity (Wildman–Crippen MR) is 438 cm³/mol. The normalized spacial score (nSPS) is 27.6. The van der Waals surface area contributed by atoms with Crippen molar-refractivity contribution in [1.29, 1.82) is 0 Å². The standard InChI is InChI=1S/2C15H28O2.C14H20O4.C14H26O2.C13H20O5S.2C10H16O4/c2*1-7-14(5,6)12(16)17-15(13(2,3)4)10-8-9-11-15;1-4-14(2,3)13(16)18-10-7-5-8-9(6-7)12(15)17-11(8)10;1-6-13(4,5)12(15)16-14(11(2)3)9-7-8-10-14;1-4-13(2,3)12(14)17-10-7-5-8-9(6-7)19(15,16)18-11(8)10;2*1-4-10(2,3)9(12)14-7-5-6-13-8(7)11/h2*7-11H2,1-6H3;7-11H,4-6H2,1-3H3;11H,6-10H2,1-5H3;7-11H,4-6H2,1-3H3;2*7H,4-6H2,1-3H3. The molecule has 0 amide bonds. The van der Waals surface area contributed by atoms with Gasteiger partial charge in [0.15, 0.2) is 0 Å². The lowest BCUT2D eigenvalue weighted by Crippen LogP contribution is -2.47. The van der Waals surface area contributed by atoms with Gasteiger partial charge in [-0.05, 0) is 251 Å². The highest BCUT2D eigenvalue weighted by Gasteiger charge is 2.66. The van der Waals surface area contributed by atoms with E-state index in [-0.39, 0.29) is 133 Å². The smallest absolute Gasteiger partial charge is 0.347 e. The highest BCUT2D eigenvalue weighted by Crippen LogP contribution is 2.58. The van der Waals surface area contributed by atoms with Gasteiger partial charge in [-0.1, -0.05) is 104 Å². The molecule has 11 rings (SSSR count). The molecule has 24 heteroatoms. The number of hydrogen-bond donors (Lipinski definition) is 0. The van der Waals surface area contributed by atoms with Crippen LogP contribution in [-0.4, -0.2) is 140 Å². The number of carbonyl (C=O) groups excluding carboxylic acids is 10. The summed E-state index contributed by atoms with van der Waals surface area (Å²) in [5.74, 6) is -0.799. The van der Waals surface area contributed by atoms with Crippen LogP contribution in [0.2, 0.25) is 0 Å². The van der Waals surface area contributed by atoms with Crippen molar-refractivity contribution >= 4 is 69.8 Å². The molecule has 12 atom stereocenters. The molecule has 4 saturated heterocycles. The molecule has 7 saturated carbocycles. The maximum absolute atomic E-state index is 12.3. The van der Waals surface area contributed by atoms with E-state index in [1.54, 1.807) is 27.7 Å². The van der Waals surface area contributed by atoms with Crippen molar-refractivity contribution in [2.24, 2.45) is 84.2 Å². The van der Waals surface area contributed by atoms with E-state index in [0.717, 1.165) is 83.5 Å². The highest BCUT2D eigenvalue weighted by atomic mass is 32.2. The third kappa shape index (κ3) is 24.0. The fourth-order valence-corrected chi connectivity index (χ4v) is 17.9. The molecule has 0 spiro atoms. The zero-order valence-corrected chi connectivity index (χ0v) is 77.2. The summed E-state index contributed by atoms with van der Waals surface area (Å²) in [7, 11) is -3.43. The van der Waals surface area contributed by atoms with Gasteiger partial charge in [-0.2, -0.15) is 8.42 Å². The molecular weight excluding hydrogens is 1490 g/mol. The van der Waals surface area contributed by atoms with Gasteiger partial charge in [0.2, 0.25) is 12.2 Å². The van der Waals surface area contributed by atoms with E-state index in [2.05, 4.69) is 55.4 Å². The van der Waals surface area contributed by atoms with Gasteiger partial charge >= 0.3 is 59.7 Å². The third-order valence-electron chi connectivity index (χ3n) is 28.6. The Hall–Kier alpha value is -5.39. The summed E-state index contributed by atoms with van der Waals surface area (Å²) in [5.41, 5.74) is -3.69. The second-order valence-corrected chi connectivity index (χ2v) is 43.3. The molecule has 11 aliphatic rings. The van der Waals surface area contributed by atoms with Crippen LogP contribution in [0.1, 0.15) is 361 Å². The Morgan fingerprint density at radius 2 is 0.696 bits per heavy atom. The first-order valence-corrected chi connectivity index (χ1v) is 45.2. The lowest BCUT2D eigenvalue weighted by molar-refractivity contribution is -0.183. The van der Waals surface area contributed by atoms with Crippen LogP contribution in [0.15, 0.2) is 0 Å². The number of fused-ring (bicyclic) bond motifs is 2. The Morgan fingerprint density at radius 3 is 1.02 bits per heavy atom. The fraction of sp³-hybridized carbons (Fsp3) is 0.890. The van der Waals surface area contributed by atoms with Gasteiger partial charge in [-0.3, -0.25) is 42.5 Å². The average molecular weight is 1650 g/mol. The van der Waals surface area contributed by atoms with Crippen molar-refractivity contribution in [2.45, 2.75) is 420 Å². The van der Waals surface area contributed by atoms with Crippen LogP contribution in [0.3, 0.4) is 0 Å². The molecule has 115 heavy (non-hydrogen) atoms. The molecule has 0 N–H and O–H groups in total. The Balaban J connectivity index is 0.000000240. The van der Waals surface area contributed by atoms with Crippen molar-refractivity contribution in [3.8, 4) is 0 Å². The van der Waals surface area contributed by atoms with Crippen molar-refractivity contribution in [2.75, 3.05) is 13.2 Å². The molecule has 0 aromatic carbocycles. The van der Waals surface area contributed by atoms with Gasteiger partial charge in [-0.15, -0.1) is 0 Å². The minimum atomic E-state index is -3.43. The van der Waals surface area contributed by atoms with E-state index in [9.17, 15) is 56.4 Å². The zero-order chi connectivity index (χ0) is 87.6. The molecule has 12 unspecified atom stereocenters. The van der Waals surface area contributed by atoms with Crippen LogP contribution in [0.4, 0.5) is 0 Å². The Labute approximate surface area is 691 Å². The van der Waals surface area contributed by atoms with E-state index in [1.165, 1.54) is 38.5 Å². The van der Waals surface area contributed by atoms with Gasteiger partial charge in [0.05, 0.1) is 62.3 Å². The highest BCUT2D eigenvalue weighted by molar-refractivity contribution is 7.87. The van der Waals surface area contributed by atoms with Crippen LogP contribution in [0, 0.1) is 84.2 Å². The summed E-state index contributed by atoms with van der Waals surface area (Å²) >= 11 is 0. The van der Waals surface area contributed by atoms with Gasteiger partial charge in [0.1, 0.15) is 41.2 Å². The molecule has 0 radical (unpaired) electrons. The number of ether oxygens (including phenoxy) is 10. The summed E-state index contributed by atoms with van der Waals surface area (Å²) in [6.45, 7) is 58.5. The molecule has 662 valence electrons. The third-order valence-corrected chi connectivity index (χ3v) is 30.3.